The third kappa shape index (κ3) is 19.5. The summed E-state index contributed by atoms with van der Waals surface area (Å²) in [5.74, 6) is 1.94. The molecule has 14 aromatic carbocycles. The van der Waals surface area contributed by atoms with E-state index in [9.17, 15) is 0 Å². The van der Waals surface area contributed by atoms with Gasteiger partial charge in [-0.3, -0.25) is 0 Å². The Morgan fingerprint density at radius 3 is 0.575 bits per heavy atom. The van der Waals surface area contributed by atoms with Crippen LogP contribution in [0.5, 0.6) is 0 Å². The van der Waals surface area contributed by atoms with Crippen LogP contribution in [0.25, 0.3) is 98.7 Å². The van der Waals surface area contributed by atoms with Crippen LogP contribution in [0.4, 0.5) is 34.1 Å². The fourth-order valence-corrected chi connectivity index (χ4v) is 23.1. The molecule has 0 spiro atoms. The van der Waals surface area contributed by atoms with Crippen LogP contribution < -0.4 is 9.80 Å². The third-order valence-electron chi connectivity index (χ3n) is 31.8. The van der Waals surface area contributed by atoms with Crippen molar-refractivity contribution in [2.75, 3.05) is 9.80 Å². The van der Waals surface area contributed by atoms with E-state index < -0.39 is 0 Å². The smallest absolute Gasteiger partial charge is 0.0619 e. The molecular weight excluding hydrogens is 1610 g/mol. The lowest BCUT2D eigenvalue weighted by molar-refractivity contribution is 0.435. The molecule has 4 saturated carbocycles. The molecule has 4 aliphatic carbocycles. The Bertz CT molecular complexity index is 6110. The van der Waals surface area contributed by atoms with E-state index in [1.807, 2.05) is 0 Å². The molecule has 14 aromatic rings. The van der Waals surface area contributed by atoms with Gasteiger partial charge in [0.05, 0.1) is 11.4 Å². The lowest BCUT2D eigenvalue weighted by atomic mass is 9.78. The van der Waals surface area contributed by atoms with Crippen LogP contribution in [0.2, 0.25) is 0 Å². The number of nitrogens with zero attached hydrogens (tertiary/aromatic N) is 2. The maximum absolute atomic E-state index is 2.86. The Morgan fingerprint density at radius 1 is 0.164 bits per heavy atom. The summed E-state index contributed by atoms with van der Waals surface area (Å²) in [6.45, 7) is 57.5. The first-order valence-electron chi connectivity index (χ1n) is 52.2. The second-order valence-electron chi connectivity index (χ2n) is 50.1. The van der Waals surface area contributed by atoms with Crippen LogP contribution in [-0.2, 0) is 43.3 Å². The molecule has 0 saturated heterocycles. The van der Waals surface area contributed by atoms with Gasteiger partial charge in [0.1, 0.15) is 0 Å². The predicted molar refractivity (Wildman–Crippen MR) is 586 cm³/mol. The largest absolute Gasteiger partial charge is 0.309 e. The van der Waals surface area contributed by atoms with Crippen molar-refractivity contribution in [3.63, 3.8) is 0 Å². The summed E-state index contributed by atoms with van der Waals surface area (Å²) < 4.78 is 0. The summed E-state index contributed by atoms with van der Waals surface area (Å²) in [5, 5.41) is 9.83. The molecule has 0 heterocycles. The number of fused-ring (bicyclic) bond motifs is 4. The van der Waals surface area contributed by atoms with Crippen molar-refractivity contribution in [1.29, 1.82) is 0 Å². The Morgan fingerprint density at radius 2 is 0.358 bits per heavy atom. The monoisotopic (exact) mass is 1770 g/mol. The zero-order chi connectivity index (χ0) is 94.7. The van der Waals surface area contributed by atoms with Crippen LogP contribution in [0.3, 0.4) is 0 Å². The second-order valence-corrected chi connectivity index (χ2v) is 50.1. The summed E-state index contributed by atoms with van der Waals surface area (Å²) in [6.07, 6.45) is 25.2. The topological polar surface area (TPSA) is 6.48 Å². The first-order valence-corrected chi connectivity index (χ1v) is 52.2. The minimum absolute atomic E-state index is 0.0266. The fraction of sp³-hybridized carbons (Fsp3) is 0.424. The van der Waals surface area contributed by atoms with E-state index in [2.05, 4.69) is 419 Å². The molecule has 0 aromatic heterocycles. The average Bonchev–Trinajstić information content (AvgIpc) is 0.696. The predicted octanol–water partition coefficient (Wildman–Crippen LogP) is 40.1. The Kier molecular flexibility index (Phi) is 25.5. The Hall–Kier alpha value is -10.3. The van der Waals surface area contributed by atoms with Gasteiger partial charge in [0, 0.05) is 44.3 Å². The highest BCUT2D eigenvalue weighted by Crippen LogP contribution is 2.59. The van der Waals surface area contributed by atoms with Crippen LogP contribution in [0.15, 0.2) is 243 Å². The van der Waals surface area contributed by atoms with Crippen molar-refractivity contribution in [2.24, 2.45) is 0 Å². The zero-order valence-corrected chi connectivity index (χ0v) is 86.4. The number of anilines is 6. The van der Waals surface area contributed by atoms with Crippen molar-refractivity contribution >= 4 is 77.2 Å². The number of hydrogen-bond acceptors (Lipinski definition) is 2. The first-order chi connectivity index (χ1) is 63.4. The summed E-state index contributed by atoms with van der Waals surface area (Å²) in [4.78, 5) is 5.71. The lowest BCUT2D eigenvalue weighted by Crippen LogP contribution is -2.20. The van der Waals surface area contributed by atoms with E-state index in [4.69, 9.17) is 0 Å². The summed E-state index contributed by atoms with van der Waals surface area (Å²) in [6, 6.07) is 102. The quantitative estimate of drug-likeness (QED) is 0.0944. The number of benzene rings is 14. The third-order valence-corrected chi connectivity index (χ3v) is 31.8. The van der Waals surface area contributed by atoms with Gasteiger partial charge in [-0.05, 0) is 335 Å². The second kappa shape index (κ2) is 36.3. The van der Waals surface area contributed by atoms with Gasteiger partial charge in [-0.2, -0.15) is 0 Å². The van der Waals surface area contributed by atoms with Crippen LogP contribution >= 0.6 is 0 Å². The maximum atomic E-state index is 2.86. The molecule has 0 aliphatic heterocycles. The molecule has 4 aliphatic rings. The molecule has 0 atom stereocenters. The molecular formula is C132H156N2. The van der Waals surface area contributed by atoms with E-state index in [0.717, 1.165) is 0 Å². The van der Waals surface area contributed by atoms with Crippen molar-refractivity contribution in [3.8, 4) is 55.6 Å². The first kappa shape index (κ1) is 94.1. The van der Waals surface area contributed by atoms with Gasteiger partial charge in [-0.1, -0.05) is 413 Å². The highest BCUT2D eigenvalue weighted by atomic mass is 15.2. The van der Waals surface area contributed by atoms with Gasteiger partial charge in [-0.25, -0.2) is 0 Å². The minimum Gasteiger partial charge on any atom is -0.309 e. The van der Waals surface area contributed by atoms with Gasteiger partial charge in [0.15, 0.2) is 0 Å². The fourth-order valence-electron chi connectivity index (χ4n) is 23.1. The van der Waals surface area contributed by atoms with Crippen molar-refractivity contribution in [3.05, 3.63) is 309 Å². The number of hydrogen-bond donors (Lipinski definition) is 0. The number of rotatable bonds is 15. The summed E-state index contributed by atoms with van der Waals surface area (Å²) >= 11 is 0. The maximum Gasteiger partial charge on any atom is 0.0619 e. The highest BCUT2D eigenvalue weighted by Gasteiger charge is 2.36. The zero-order valence-electron chi connectivity index (χ0n) is 86.4. The molecule has 134 heavy (non-hydrogen) atoms. The van der Waals surface area contributed by atoms with E-state index in [-0.39, 0.29) is 43.3 Å². The summed E-state index contributed by atoms with van der Waals surface area (Å²) in [7, 11) is 0. The molecule has 2 heteroatoms. The highest BCUT2D eigenvalue weighted by molar-refractivity contribution is 6.32. The Labute approximate surface area is 808 Å². The van der Waals surface area contributed by atoms with Crippen molar-refractivity contribution in [1.82, 2.24) is 0 Å². The molecule has 0 bridgehead atoms. The van der Waals surface area contributed by atoms with Crippen molar-refractivity contribution < 1.29 is 0 Å². The molecule has 0 N–H and O–H groups in total. The molecule has 694 valence electrons. The van der Waals surface area contributed by atoms with E-state index >= 15 is 0 Å². The lowest BCUT2D eigenvalue weighted by Gasteiger charge is -2.35. The Balaban J connectivity index is 1.08. The molecule has 0 amide bonds. The van der Waals surface area contributed by atoms with Crippen LogP contribution in [-0.4, -0.2) is 0 Å². The van der Waals surface area contributed by atoms with E-state index in [1.54, 1.807) is 0 Å². The van der Waals surface area contributed by atoms with Gasteiger partial charge < -0.3 is 9.80 Å². The van der Waals surface area contributed by atoms with Gasteiger partial charge >= 0.3 is 0 Å². The average molecular weight is 1770 g/mol. The molecule has 4 fully saturated rings. The van der Waals surface area contributed by atoms with Crippen LogP contribution in [0.1, 0.15) is 385 Å². The SMILES string of the molecule is CC(C)(C)c1ccc(-c2ccc3c(N(c4cc(C5CCCCC5)cc(C5CCCCC5)c4)c4cc(C(C)(C)C)cc(C(C)(C)C)c4)c4cc(-c5ccc(C(C)(C)C)cc5)ccc4c(-c4c5cc(-c6ccc(C(C)(C)C)cc6)ccc5c(N(c5cc(C6CCCCC6)cc(C6CCCCC6)c5)c5cc(C(C)(C)C)cc(C(C)(C)C)c5)c5cc(-c6ccc(C(C)(C)C)cc6)ccc45)c3c2)cc1. The molecule has 0 radical (unpaired) electrons. The van der Waals surface area contributed by atoms with E-state index in [0.29, 0.717) is 23.7 Å². The standard InChI is InChI=1S/C132H156N2/c1-125(2,3)101-57-45-89(46-58-101)93-55-67-115-117(75-93)121(113-65-53-95(91-49-61-103(62-50-91)127(7,8)9)77-119(113)123(115)133(111-81-105(129(13,14)15)79-106(82-111)130(16,17)18)109-71-97(85-37-29-25-30-38-85)69-98(72-109)86-39-31-26-32-40-86)122-114-66-54-96(92-51-63-104(64-52-92)128(10,11)12)78-120(114)124(116-68-56-94(76-118(116)122)90-47-59-102(60-48-90)126(4,5)6)134(112-83-107(131(19,20)21)80-108(84-112)132(22,23)24)110-73-99(87-41-33-27-34-42-87)70-100(74-110)88-43-35-28-36-44-88/h45-88H,25-44H2,1-24H3. The van der Waals surface area contributed by atoms with Gasteiger partial charge in [0.2, 0.25) is 0 Å². The minimum atomic E-state index is -0.177. The molecule has 0 unspecified atom stereocenters. The van der Waals surface area contributed by atoms with E-state index in [1.165, 1.54) is 328 Å². The normalized spacial score (nSPS) is 16.1. The van der Waals surface area contributed by atoms with Gasteiger partial charge in [0.25, 0.3) is 0 Å². The van der Waals surface area contributed by atoms with Gasteiger partial charge in [-0.15, -0.1) is 0 Å². The van der Waals surface area contributed by atoms with Crippen molar-refractivity contribution in [2.45, 2.75) is 362 Å². The van der Waals surface area contributed by atoms with Crippen LogP contribution in [0, 0.1) is 0 Å². The summed E-state index contributed by atoms with van der Waals surface area (Å²) in [5.41, 5.74) is 35.5. The molecule has 18 rings (SSSR count). The molecule has 2 nitrogen and oxygen atoms in total.